The summed E-state index contributed by atoms with van der Waals surface area (Å²) in [5.41, 5.74) is 1.19. The lowest BCUT2D eigenvalue weighted by Gasteiger charge is -2.36. The van der Waals surface area contributed by atoms with Crippen LogP contribution < -0.4 is 10.2 Å². The van der Waals surface area contributed by atoms with E-state index in [-0.39, 0.29) is 0 Å². The van der Waals surface area contributed by atoms with Crippen molar-refractivity contribution in [2.75, 3.05) is 44.7 Å². The van der Waals surface area contributed by atoms with Gasteiger partial charge in [-0.1, -0.05) is 27.5 Å². The van der Waals surface area contributed by atoms with Crippen molar-refractivity contribution in [2.45, 2.75) is 6.42 Å². The molecule has 0 spiro atoms. The highest BCUT2D eigenvalue weighted by atomic mass is 79.9. The van der Waals surface area contributed by atoms with Crippen LogP contribution in [0.5, 0.6) is 0 Å². The summed E-state index contributed by atoms with van der Waals surface area (Å²) in [7, 11) is 1.82. The van der Waals surface area contributed by atoms with Gasteiger partial charge in [0, 0.05) is 61.7 Å². The quantitative estimate of drug-likeness (QED) is 0.589. The van der Waals surface area contributed by atoms with Gasteiger partial charge in [0.2, 0.25) is 5.95 Å². The molecule has 1 N–H and O–H groups in total. The van der Waals surface area contributed by atoms with Crippen molar-refractivity contribution in [3.63, 3.8) is 0 Å². The Hall–Kier alpha value is -1.86. The van der Waals surface area contributed by atoms with Gasteiger partial charge in [0.15, 0.2) is 5.96 Å². The Morgan fingerprint density at radius 3 is 2.65 bits per heavy atom. The van der Waals surface area contributed by atoms with Crippen LogP contribution in [0.15, 0.2) is 46.1 Å². The lowest BCUT2D eigenvalue weighted by Crippen LogP contribution is -2.53. The number of nitrogens with zero attached hydrogens (tertiary/aromatic N) is 5. The molecule has 6 nitrogen and oxygen atoms in total. The third-order valence-corrected chi connectivity index (χ3v) is 5.32. The maximum atomic E-state index is 6.08. The molecule has 2 heterocycles. The fourth-order valence-corrected chi connectivity index (χ4v) is 3.59. The minimum absolute atomic E-state index is 0.756. The van der Waals surface area contributed by atoms with E-state index in [2.05, 4.69) is 46.0 Å². The van der Waals surface area contributed by atoms with E-state index in [4.69, 9.17) is 11.6 Å². The lowest BCUT2D eigenvalue weighted by atomic mass is 10.1. The molecule has 1 aliphatic rings. The van der Waals surface area contributed by atoms with Crippen molar-refractivity contribution < 1.29 is 0 Å². The van der Waals surface area contributed by atoms with E-state index in [0.717, 1.165) is 60.5 Å². The number of hydrogen-bond donors (Lipinski definition) is 1. The van der Waals surface area contributed by atoms with E-state index in [0.29, 0.717) is 0 Å². The van der Waals surface area contributed by atoms with Crippen molar-refractivity contribution >= 4 is 39.4 Å². The topological polar surface area (TPSA) is 56.7 Å². The van der Waals surface area contributed by atoms with Crippen LogP contribution in [0.1, 0.15) is 5.56 Å². The molecule has 26 heavy (non-hydrogen) atoms. The SMILES string of the molecule is CN=C(NCCc1cc(Cl)ccc1Br)N1CCN(c2ncccn2)CC1. The molecule has 0 amide bonds. The number of guanidine groups is 1. The summed E-state index contributed by atoms with van der Waals surface area (Å²) < 4.78 is 1.08. The molecule has 0 radical (unpaired) electrons. The van der Waals surface area contributed by atoms with Crippen LogP contribution in [-0.4, -0.2) is 60.6 Å². The molecule has 0 unspecified atom stereocenters. The summed E-state index contributed by atoms with van der Waals surface area (Å²) in [6.45, 7) is 4.33. The van der Waals surface area contributed by atoms with Crippen LogP contribution in [0, 0.1) is 0 Å². The highest BCUT2D eigenvalue weighted by molar-refractivity contribution is 9.10. The van der Waals surface area contributed by atoms with Crippen molar-refractivity contribution in [1.29, 1.82) is 0 Å². The number of nitrogens with one attached hydrogen (secondary N) is 1. The van der Waals surface area contributed by atoms with Crippen LogP contribution in [-0.2, 0) is 6.42 Å². The summed E-state index contributed by atoms with van der Waals surface area (Å²) in [4.78, 5) is 17.5. The molecule has 8 heteroatoms. The highest BCUT2D eigenvalue weighted by Crippen LogP contribution is 2.21. The highest BCUT2D eigenvalue weighted by Gasteiger charge is 2.20. The fraction of sp³-hybridized carbons (Fsp3) is 0.389. The lowest BCUT2D eigenvalue weighted by molar-refractivity contribution is 0.370. The number of halogens is 2. The van der Waals surface area contributed by atoms with Crippen LogP contribution in [0.4, 0.5) is 5.95 Å². The molecule has 3 rings (SSSR count). The van der Waals surface area contributed by atoms with Crippen LogP contribution in [0.2, 0.25) is 5.02 Å². The molecule has 1 aliphatic heterocycles. The van der Waals surface area contributed by atoms with Gasteiger partial charge >= 0.3 is 0 Å². The van der Waals surface area contributed by atoms with Gasteiger partial charge in [-0.3, -0.25) is 4.99 Å². The molecule has 1 fully saturated rings. The fourth-order valence-electron chi connectivity index (χ4n) is 2.95. The van der Waals surface area contributed by atoms with E-state index in [9.17, 15) is 0 Å². The van der Waals surface area contributed by atoms with E-state index in [1.807, 2.05) is 31.3 Å². The number of anilines is 1. The number of benzene rings is 1. The molecular formula is C18H22BrClN6. The second kappa shape index (κ2) is 9.19. The van der Waals surface area contributed by atoms with Gasteiger partial charge in [0.05, 0.1) is 0 Å². The van der Waals surface area contributed by atoms with Crippen molar-refractivity contribution in [1.82, 2.24) is 20.2 Å². The van der Waals surface area contributed by atoms with Gasteiger partial charge in [-0.25, -0.2) is 9.97 Å². The zero-order chi connectivity index (χ0) is 18.4. The van der Waals surface area contributed by atoms with Crippen LogP contribution >= 0.6 is 27.5 Å². The van der Waals surface area contributed by atoms with E-state index in [1.165, 1.54) is 5.56 Å². The van der Waals surface area contributed by atoms with E-state index >= 15 is 0 Å². The van der Waals surface area contributed by atoms with Gasteiger partial charge in [0.1, 0.15) is 0 Å². The predicted octanol–water partition coefficient (Wildman–Crippen LogP) is 2.83. The number of aromatic nitrogens is 2. The van der Waals surface area contributed by atoms with E-state index in [1.54, 1.807) is 12.4 Å². The summed E-state index contributed by atoms with van der Waals surface area (Å²) in [5.74, 6) is 1.72. The minimum atomic E-state index is 0.756. The Bertz CT molecular complexity index is 747. The van der Waals surface area contributed by atoms with Gasteiger partial charge in [-0.05, 0) is 36.2 Å². The van der Waals surface area contributed by atoms with Crippen molar-refractivity contribution in [3.05, 3.63) is 51.7 Å². The normalized spacial score (nSPS) is 15.3. The molecule has 1 aromatic carbocycles. The average molecular weight is 438 g/mol. The molecule has 1 aromatic heterocycles. The first-order chi connectivity index (χ1) is 12.7. The molecule has 1 saturated heterocycles. The molecule has 0 bridgehead atoms. The van der Waals surface area contributed by atoms with Gasteiger partial charge in [-0.15, -0.1) is 0 Å². The predicted molar refractivity (Wildman–Crippen MR) is 110 cm³/mol. The maximum Gasteiger partial charge on any atom is 0.225 e. The third-order valence-electron chi connectivity index (χ3n) is 4.31. The van der Waals surface area contributed by atoms with E-state index < -0.39 is 0 Å². The Labute approximate surface area is 167 Å². The Morgan fingerprint density at radius 2 is 1.96 bits per heavy atom. The third kappa shape index (κ3) is 4.86. The Balaban J connectivity index is 1.50. The summed E-state index contributed by atoms with van der Waals surface area (Å²) in [6, 6.07) is 7.70. The molecule has 2 aromatic rings. The molecular weight excluding hydrogens is 416 g/mol. The zero-order valence-electron chi connectivity index (χ0n) is 14.7. The summed E-state index contributed by atoms with van der Waals surface area (Å²) >= 11 is 9.66. The maximum absolute atomic E-state index is 6.08. The zero-order valence-corrected chi connectivity index (χ0v) is 17.0. The molecule has 138 valence electrons. The van der Waals surface area contributed by atoms with Crippen LogP contribution in [0.3, 0.4) is 0 Å². The molecule has 0 aliphatic carbocycles. The standard InChI is InChI=1S/C18H22BrClN6/c1-21-17(24-8-5-14-13-15(20)3-4-16(14)19)25-9-11-26(12-10-25)18-22-6-2-7-23-18/h2-4,6-7,13H,5,8-12H2,1H3,(H,21,24). The Morgan fingerprint density at radius 1 is 1.23 bits per heavy atom. The summed E-state index contributed by atoms with van der Waals surface area (Å²) in [6.07, 6.45) is 4.43. The number of piperazine rings is 1. The average Bonchev–Trinajstić information content (AvgIpc) is 2.69. The molecule has 0 atom stereocenters. The first kappa shape index (κ1) is 18.9. The first-order valence-corrected chi connectivity index (χ1v) is 9.76. The largest absolute Gasteiger partial charge is 0.356 e. The van der Waals surface area contributed by atoms with Crippen LogP contribution in [0.25, 0.3) is 0 Å². The second-order valence-corrected chi connectivity index (χ2v) is 7.27. The minimum Gasteiger partial charge on any atom is -0.356 e. The van der Waals surface area contributed by atoms with Gasteiger partial charge < -0.3 is 15.1 Å². The van der Waals surface area contributed by atoms with Gasteiger partial charge in [0.25, 0.3) is 0 Å². The summed E-state index contributed by atoms with van der Waals surface area (Å²) in [5, 5.41) is 4.21. The Kier molecular flexibility index (Phi) is 6.68. The van der Waals surface area contributed by atoms with Crippen molar-refractivity contribution in [3.8, 4) is 0 Å². The van der Waals surface area contributed by atoms with Gasteiger partial charge in [-0.2, -0.15) is 0 Å². The number of rotatable bonds is 4. The number of aliphatic imine (C=N–C) groups is 1. The second-order valence-electron chi connectivity index (χ2n) is 5.98. The monoisotopic (exact) mass is 436 g/mol. The first-order valence-electron chi connectivity index (χ1n) is 8.59. The molecule has 0 saturated carbocycles. The van der Waals surface area contributed by atoms with Crippen molar-refractivity contribution in [2.24, 2.45) is 4.99 Å². The smallest absolute Gasteiger partial charge is 0.225 e. The number of hydrogen-bond acceptors (Lipinski definition) is 4.